The second kappa shape index (κ2) is 8.03. The molecule has 2 N–H and O–H groups in total. The van der Waals surface area contributed by atoms with Gasteiger partial charge in [0.1, 0.15) is 0 Å². The van der Waals surface area contributed by atoms with E-state index < -0.39 is 0 Å². The molecule has 0 bridgehead atoms. The highest BCUT2D eigenvalue weighted by Crippen LogP contribution is 2.23. The Bertz CT molecular complexity index is 381. The van der Waals surface area contributed by atoms with E-state index in [1.165, 1.54) is 31.2 Å². The van der Waals surface area contributed by atoms with Crippen molar-refractivity contribution in [3.8, 4) is 0 Å². The Morgan fingerprint density at radius 3 is 2.63 bits per heavy atom. The minimum absolute atomic E-state index is 0.0947. The van der Waals surface area contributed by atoms with Crippen molar-refractivity contribution < 1.29 is 0 Å². The molecule has 0 aromatic heterocycles. The molecule has 0 amide bonds. The Labute approximate surface area is 126 Å². The number of nitrogens with zero attached hydrogens (tertiary/aromatic N) is 1. The van der Waals surface area contributed by atoms with Gasteiger partial charge in [0.15, 0.2) is 0 Å². The molecule has 108 valence electrons. The topological polar surface area (TPSA) is 29.3 Å². The Morgan fingerprint density at radius 1 is 1.32 bits per heavy atom. The van der Waals surface area contributed by atoms with Crippen molar-refractivity contribution in [2.75, 3.05) is 13.6 Å². The van der Waals surface area contributed by atoms with Crippen LogP contribution in [0.15, 0.2) is 28.7 Å². The quantitative estimate of drug-likeness (QED) is 0.726. The van der Waals surface area contributed by atoms with Gasteiger partial charge in [-0.15, -0.1) is 0 Å². The van der Waals surface area contributed by atoms with Gasteiger partial charge in [0, 0.05) is 23.1 Å². The predicted molar refractivity (Wildman–Crippen MR) is 87.2 cm³/mol. The highest BCUT2D eigenvalue weighted by molar-refractivity contribution is 9.10. The van der Waals surface area contributed by atoms with E-state index in [1.807, 2.05) is 0 Å². The van der Waals surface area contributed by atoms with Gasteiger partial charge in [-0.3, -0.25) is 4.90 Å². The minimum Gasteiger partial charge on any atom is -0.329 e. The number of benzene rings is 1. The maximum absolute atomic E-state index is 6.02. The normalized spacial score (nSPS) is 14.6. The van der Waals surface area contributed by atoms with E-state index in [9.17, 15) is 0 Å². The lowest BCUT2D eigenvalue weighted by molar-refractivity contribution is 0.123. The second-order valence-electron chi connectivity index (χ2n) is 5.64. The Balaban J connectivity index is 2.64. The van der Waals surface area contributed by atoms with Gasteiger partial charge in [0.2, 0.25) is 0 Å². The molecule has 19 heavy (non-hydrogen) atoms. The molecule has 1 aromatic carbocycles. The van der Waals surface area contributed by atoms with E-state index in [1.54, 1.807) is 0 Å². The number of nitrogens with two attached hydrogens (primary N) is 1. The van der Waals surface area contributed by atoms with E-state index in [-0.39, 0.29) is 5.54 Å². The summed E-state index contributed by atoms with van der Waals surface area (Å²) in [6, 6.07) is 8.50. The predicted octanol–water partition coefficient (Wildman–Crippen LogP) is 4.18. The zero-order valence-electron chi connectivity index (χ0n) is 12.5. The maximum Gasteiger partial charge on any atom is 0.0304 e. The second-order valence-corrected chi connectivity index (χ2v) is 6.56. The summed E-state index contributed by atoms with van der Waals surface area (Å²) in [7, 11) is 2.18. The molecule has 0 heterocycles. The number of hydrogen-bond donors (Lipinski definition) is 1. The third-order valence-electron chi connectivity index (χ3n) is 3.99. The van der Waals surface area contributed by atoms with E-state index in [0.717, 1.165) is 11.0 Å². The molecule has 1 atom stereocenters. The van der Waals surface area contributed by atoms with Crippen LogP contribution in [0.25, 0.3) is 0 Å². The lowest BCUT2D eigenvalue weighted by Gasteiger charge is -2.38. The molecule has 0 fully saturated rings. The van der Waals surface area contributed by atoms with Crippen LogP contribution in [-0.2, 0) is 6.54 Å². The van der Waals surface area contributed by atoms with Crippen molar-refractivity contribution in [1.29, 1.82) is 0 Å². The number of likely N-dealkylation sites (N-methyl/N-ethyl adjacent to an activating group) is 1. The van der Waals surface area contributed by atoms with E-state index in [4.69, 9.17) is 5.73 Å². The van der Waals surface area contributed by atoms with Crippen molar-refractivity contribution in [3.63, 3.8) is 0 Å². The fourth-order valence-electron chi connectivity index (χ4n) is 2.30. The molecular weight excluding hydrogens is 300 g/mol. The smallest absolute Gasteiger partial charge is 0.0304 e. The summed E-state index contributed by atoms with van der Waals surface area (Å²) in [5.41, 5.74) is 7.44. The largest absolute Gasteiger partial charge is 0.329 e. The highest BCUT2D eigenvalue weighted by Gasteiger charge is 2.26. The van der Waals surface area contributed by atoms with Crippen molar-refractivity contribution in [2.24, 2.45) is 5.73 Å². The molecule has 1 aromatic rings. The van der Waals surface area contributed by atoms with E-state index in [0.29, 0.717) is 6.54 Å². The zero-order chi connectivity index (χ0) is 14.3. The number of rotatable bonds is 8. The van der Waals surface area contributed by atoms with Gasteiger partial charge in [-0.25, -0.2) is 0 Å². The zero-order valence-corrected chi connectivity index (χ0v) is 14.0. The van der Waals surface area contributed by atoms with Crippen LogP contribution in [0.2, 0.25) is 0 Å². The first kappa shape index (κ1) is 16.7. The summed E-state index contributed by atoms with van der Waals surface area (Å²) < 4.78 is 1.14. The summed E-state index contributed by atoms with van der Waals surface area (Å²) in [6.07, 6.45) is 4.98. The van der Waals surface area contributed by atoms with Gasteiger partial charge in [-0.1, -0.05) is 54.2 Å². The van der Waals surface area contributed by atoms with Crippen LogP contribution < -0.4 is 5.73 Å². The van der Waals surface area contributed by atoms with Crippen LogP contribution in [-0.4, -0.2) is 24.0 Å². The van der Waals surface area contributed by atoms with Crippen molar-refractivity contribution >= 4 is 15.9 Å². The first-order valence-electron chi connectivity index (χ1n) is 7.17. The minimum atomic E-state index is 0.0947. The van der Waals surface area contributed by atoms with Crippen molar-refractivity contribution in [2.45, 2.75) is 51.6 Å². The lowest BCUT2D eigenvalue weighted by Crippen LogP contribution is -2.49. The van der Waals surface area contributed by atoms with Crippen LogP contribution in [0.3, 0.4) is 0 Å². The summed E-state index contributed by atoms with van der Waals surface area (Å²) >= 11 is 3.53. The van der Waals surface area contributed by atoms with Crippen LogP contribution in [0.5, 0.6) is 0 Å². The third-order valence-corrected chi connectivity index (χ3v) is 4.48. The maximum atomic E-state index is 6.02. The molecule has 0 aliphatic carbocycles. The molecule has 0 aliphatic rings. The van der Waals surface area contributed by atoms with Gasteiger partial charge in [0.25, 0.3) is 0 Å². The average Bonchev–Trinajstić information content (AvgIpc) is 2.38. The van der Waals surface area contributed by atoms with Gasteiger partial charge in [-0.2, -0.15) is 0 Å². The number of hydrogen-bond acceptors (Lipinski definition) is 2. The number of unbranched alkanes of at least 4 members (excludes halogenated alkanes) is 2. The molecular formula is C16H27BrN2. The summed E-state index contributed by atoms with van der Waals surface area (Å²) in [6.45, 7) is 6.17. The molecule has 0 saturated heterocycles. The molecule has 0 aliphatic heterocycles. The Kier molecular flexibility index (Phi) is 7.05. The van der Waals surface area contributed by atoms with Crippen molar-refractivity contribution in [1.82, 2.24) is 4.90 Å². The van der Waals surface area contributed by atoms with Gasteiger partial charge < -0.3 is 5.73 Å². The third kappa shape index (κ3) is 5.25. The van der Waals surface area contributed by atoms with Gasteiger partial charge >= 0.3 is 0 Å². The fraction of sp³-hybridized carbons (Fsp3) is 0.625. The van der Waals surface area contributed by atoms with Gasteiger partial charge in [-0.05, 0) is 38.1 Å². The fourth-order valence-corrected chi connectivity index (χ4v) is 2.75. The number of halogens is 1. The molecule has 2 nitrogen and oxygen atoms in total. The van der Waals surface area contributed by atoms with Crippen LogP contribution in [0.4, 0.5) is 0 Å². The van der Waals surface area contributed by atoms with Crippen molar-refractivity contribution in [3.05, 3.63) is 34.3 Å². The highest BCUT2D eigenvalue weighted by atomic mass is 79.9. The molecule has 3 heteroatoms. The summed E-state index contributed by atoms with van der Waals surface area (Å²) in [5.74, 6) is 0. The lowest BCUT2D eigenvalue weighted by atomic mass is 9.92. The standard InChI is InChI=1S/C16H27BrN2/c1-4-5-6-10-16(2,13-18)19(3)12-14-8-7-9-15(17)11-14/h7-9,11H,4-6,10,12-13,18H2,1-3H3. The summed E-state index contributed by atoms with van der Waals surface area (Å²) in [4.78, 5) is 2.39. The first-order valence-corrected chi connectivity index (χ1v) is 7.97. The molecule has 0 saturated carbocycles. The van der Waals surface area contributed by atoms with E-state index in [2.05, 4.69) is 66.0 Å². The molecule has 0 spiro atoms. The monoisotopic (exact) mass is 326 g/mol. The molecule has 1 rings (SSSR count). The Morgan fingerprint density at radius 2 is 2.05 bits per heavy atom. The molecule has 1 unspecified atom stereocenters. The van der Waals surface area contributed by atoms with Crippen LogP contribution in [0, 0.1) is 0 Å². The first-order chi connectivity index (χ1) is 9.01. The molecule has 0 radical (unpaired) electrons. The summed E-state index contributed by atoms with van der Waals surface area (Å²) in [5, 5.41) is 0. The Hall–Kier alpha value is -0.380. The van der Waals surface area contributed by atoms with Crippen LogP contribution >= 0.6 is 15.9 Å². The SMILES string of the molecule is CCCCCC(C)(CN)N(C)Cc1cccc(Br)c1. The van der Waals surface area contributed by atoms with E-state index >= 15 is 0 Å². The van der Waals surface area contributed by atoms with Gasteiger partial charge in [0.05, 0.1) is 0 Å². The average molecular weight is 327 g/mol. The van der Waals surface area contributed by atoms with Crippen LogP contribution in [0.1, 0.15) is 45.1 Å².